The van der Waals surface area contributed by atoms with Gasteiger partial charge in [-0.3, -0.25) is 4.98 Å². The molecular formula is C22H14F4N4. The lowest BCUT2D eigenvalue weighted by atomic mass is 10.0. The molecule has 0 bridgehead atoms. The van der Waals surface area contributed by atoms with Crippen LogP contribution < -0.4 is 4.90 Å². The third-order valence-electron chi connectivity index (χ3n) is 4.98. The van der Waals surface area contributed by atoms with Gasteiger partial charge in [0.05, 0.1) is 18.6 Å². The van der Waals surface area contributed by atoms with Gasteiger partial charge in [-0.15, -0.1) is 0 Å². The van der Waals surface area contributed by atoms with Crippen molar-refractivity contribution in [3.05, 3.63) is 72.6 Å². The van der Waals surface area contributed by atoms with Crippen LogP contribution in [0.25, 0.3) is 33.4 Å². The molecule has 2 aromatic heterocycles. The van der Waals surface area contributed by atoms with Crippen molar-refractivity contribution in [1.82, 2.24) is 15.0 Å². The van der Waals surface area contributed by atoms with E-state index in [9.17, 15) is 17.6 Å². The normalized spacial score (nSPS) is 15.3. The zero-order valence-electron chi connectivity index (χ0n) is 15.5. The molecule has 0 aliphatic carbocycles. The Bertz CT molecular complexity index is 1250. The van der Waals surface area contributed by atoms with Crippen LogP contribution in [-0.4, -0.2) is 34.0 Å². The summed E-state index contributed by atoms with van der Waals surface area (Å²) in [5.41, 5.74) is 1.81. The standard InChI is InChI=1S/C22H14F4N4/c23-15-4-6-16(18(24)9-15)13-3-5-17-19(8-13)28-20(14-2-1-7-27-10-14)29-21(17)30-11-22(25,26)12-30/h1-10H,11-12H2. The number of hydrogen-bond acceptors (Lipinski definition) is 4. The van der Waals surface area contributed by atoms with E-state index in [1.165, 1.54) is 17.0 Å². The van der Waals surface area contributed by atoms with Crippen LogP contribution in [0.5, 0.6) is 0 Å². The predicted molar refractivity (Wildman–Crippen MR) is 105 cm³/mol. The Hall–Kier alpha value is -3.55. The number of pyridine rings is 1. The van der Waals surface area contributed by atoms with E-state index >= 15 is 0 Å². The van der Waals surface area contributed by atoms with Crippen LogP contribution >= 0.6 is 0 Å². The molecule has 0 amide bonds. The highest BCUT2D eigenvalue weighted by Gasteiger charge is 2.45. The molecule has 3 heterocycles. The highest BCUT2D eigenvalue weighted by Crippen LogP contribution is 2.37. The van der Waals surface area contributed by atoms with Crippen LogP contribution in [0.4, 0.5) is 23.4 Å². The number of aromatic nitrogens is 3. The second-order valence-corrected chi connectivity index (χ2v) is 7.18. The molecule has 1 saturated heterocycles. The molecule has 1 aliphatic heterocycles. The van der Waals surface area contributed by atoms with Gasteiger partial charge in [0.15, 0.2) is 5.82 Å². The number of benzene rings is 2. The van der Waals surface area contributed by atoms with Gasteiger partial charge in [-0.05, 0) is 42.0 Å². The van der Waals surface area contributed by atoms with E-state index in [0.29, 0.717) is 33.7 Å². The van der Waals surface area contributed by atoms with Gasteiger partial charge in [0.1, 0.15) is 17.5 Å². The Kier molecular flexibility index (Phi) is 4.16. The quantitative estimate of drug-likeness (QED) is 0.441. The topological polar surface area (TPSA) is 41.9 Å². The van der Waals surface area contributed by atoms with Crippen molar-refractivity contribution in [2.45, 2.75) is 5.92 Å². The maximum absolute atomic E-state index is 14.3. The van der Waals surface area contributed by atoms with E-state index in [4.69, 9.17) is 0 Å². The number of halogens is 4. The summed E-state index contributed by atoms with van der Waals surface area (Å²) in [6.07, 6.45) is 3.19. The van der Waals surface area contributed by atoms with Crippen molar-refractivity contribution in [2.75, 3.05) is 18.0 Å². The minimum Gasteiger partial charge on any atom is -0.344 e. The Morgan fingerprint density at radius 2 is 1.73 bits per heavy atom. The summed E-state index contributed by atoms with van der Waals surface area (Å²) in [6, 6.07) is 11.8. The molecule has 0 unspecified atom stereocenters. The Balaban J connectivity index is 1.68. The third-order valence-corrected chi connectivity index (χ3v) is 4.98. The summed E-state index contributed by atoms with van der Waals surface area (Å²) in [5, 5.41) is 0.574. The molecule has 8 heteroatoms. The average Bonchev–Trinajstić information content (AvgIpc) is 2.71. The summed E-state index contributed by atoms with van der Waals surface area (Å²) in [7, 11) is 0. The average molecular weight is 410 g/mol. The molecular weight excluding hydrogens is 396 g/mol. The molecule has 30 heavy (non-hydrogen) atoms. The van der Waals surface area contributed by atoms with Crippen LogP contribution in [-0.2, 0) is 0 Å². The molecule has 4 nitrogen and oxygen atoms in total. The van der Waals surface area contributed by atoms with Crippen molar-refractivity contribution in [2.24, 2.45) is 0 Å². The number of rotatable bonds is 3. The van der Waals surface area contributed by atoms with E-state index in [1.807, 2.05) is 0 Å². The minimum absolute atomic E-state index is 0.219. The first kappa shape index (κ1) is 18.5. The predicted octanol–water partition coefficient (Wildman–Crippen LogP) is 5.09. The van der Waals surface area contributed by atoms with Crippen molar-refractivity contribution in [1.29, 1.82) is 0 Å². The summed E-state index contributed by atoms with van der Waals surface area (Å²) in [5.74, 6) is -3.41. The zero-order chi connectivity index (χ0) is 20.9. The van der Waals surface area contributed by atoms with Gasteiger partial charge < -0.3 is 4.90 Å². The number of fused-ring (bicyclic) bond motifs is 1. The highest BCUT2D eigenvalue weighted by molar-refractivity contribution is 5.94. The Morgan fingerprint density at radius 3 is 2.43 bits per heavy atom. The fraction of sp³-hybridized carbons (Fsp3) is 0.136. The maximum Gasteiger partial charge on any atom is 0.282 e. The van der Waals surface area contributed by atoms with E-state index in [1.54, 1.807) is 42.7 Å². The molecule has 5 rings (SSSR count). The van der Waals surface area contributed by atoms with Crippen LogP contribution in [0.15, 0.2) is 60.9 Å². The van der Waals surface area contributed by atoms with Crippen molar-refractivity contribution < 1.29 is 17.6 Å². The number of alkyl halides is 2. The minimum atomic E-state index is -2.76. The third kappa shape index (κ3) is 3.24. The maximum atomic E-state index is 14.3. The van der Waals surface area contributed by atoms with E-state index < -0.39 is 30.6 Å². The molecule has 0 spiro atoms. The smallest absolute Gasteiger partial charge is 0.282 e. The number of nitrogens with zero attached hydrogens (tertiary/aromatic N) is 4. The molecule has 0 atom stereocenters. The molecule has 2 aromatic carbocycles. The number of hydrogen-bond donors (Lipinski definition) is 0. The largest absolute Gasteiger partial charge is 0.344 e. The van der Waals surface area contributed by atoms with E-state index in [0.717, 1.165) is 6.07 Å². The lowest BCUT2D eigenvalue weighted by Crippen LogP contribution is -2.56. The van der Waals surface area contributed by atoms with Gasteiger partial charge in [-0.2, -0.15) is 0 Å². The fourth-order valence-corrected chi connectivity index (χ4v) is 3.53. The van der Waals surface area contributed by atoms with Crippen LogP contribution in [0.2, 0.25) is 0 Å². The second-order valence-electron chi connectivity index (χ2n) is 7.18. The van der Waals surface area contributed by atoms with E-state index in [2.05, 4.69) is 15.0 Å². The fourth-order valence-electron chi connectivity index (χ4n) is 3.53. The molecule has 4 aromatic rings. The summed E-state index contributed by atoms with van der Waals surface area (Å²) < 4.78 is 54.5. The zero-order valence-corrected chi connectivity index (χ0v) is 15.5. The first-order chi connectivity index (χ1) is 14.4. The van der Waals surface area contributed by atoms with Crippen molar-refractivity contribution in [3.8, 4) is 22.5 Å². The first-order valence-corrected chi connectivity index (χ1v) is 9.20. The number of anilines is 1. The summed E-state index contributed by atoms with van der Waals surface area (Å²) >= 11 is 0. The van der Waals surface area contributed by atoms with Crippen LogP contribution in [0.3, 0.4) is 0 Å². The lowest BCUT2D eigenvalue weighted by Gasteiger charge is -2.40. The molecule has 0 radical (unpaired) electrons. The molecule has 0 N–H and O–H groups in total. The van der Waals surface area contributed by atoms with E-state index in [-0.39, 0.29) is 5.56 Å². The molecule has 150 valence electrons. The Labute approximate surface area is 168 Å². The molecule has 1 fully saturated rings. The van der Waals surface area contributed by atoms with Gasteiger partial charge in [-0.25, -0.2) is 27.5 Å². The lowest BCUT2D eigenvalue weighted by molar-refractivity contribution is -0.0265. The van der Waals surface area contributed by atoms with Crippen LogP contribution in [0.1, 0.15) is 0 Å². The van der Waals surface area contributed by atoms with Crippen LogP contribution in [0, 0.1) is 11.6 Å². The second kappa shape index (κ2) is 6.76. The van der Waals surface area contributed by atoms with Gasteiger partial charge in [0, 0.05) is 35.0 Å². The van der Waals surface area contributed by atoms with Crippen molar-refractivity contribution in [3.63, 3.8) is 0 Å². The highest BCUT2D eigenvalue weighted by atomic mass is 19.3. The molecule has 0 saturated carbocycles. The van der Waals surface area contributed by atoms with Crippen molar-refractivity contribution >= 4 is 16.7 Å². The SMILES string of the molecule is Fc1ccc(-c2ccc3c(N4CC(F)(F)C4)nc(-c4cccnc4)nc3c2)c(F)c1. The van der Waals surface area contributed by atoms with Gasteiger partial charge in [0.25, 0.3) is 5.92 Å². The molecule has 1 aliphatic rings. The van der Waals surface area contributed by atoms with Gasteiger partial charge in [0.2, 0.25) is 0 Å². The first-order valence-electron chi connectivity index (χ1n) is 9.20. The Morgan fingerprint density at radius 1 is 0.900 bits per heavy atom. The summed E-state index contributed by atoms with van der Waals surface area (Å²) in [4.78, 5) is 14.6. The van der Waals surface area contributed by atoms with Gasteiger partial charge in [-0.1, -0.05) is 6.07 Å². The monoisotopic (exact) mass is 410 g/mol. The van der Waals surface area contributed by atoms with Gasteiger partial charge >= 0.3 is 0 Å². The summed E-state index contributed by atoms with van der Waals surface area (Å²) in [6.45, 7) is -0.861.